The monoisotopic (exact) mass is 289 g/mol. The lowest BCUT2D eigenvalue weighted by molar-refractivity contribution is 0.592. The zero-order valence-electron chi connectivity index (χ0n) is 10.8. The predicted octanol–water partition coefficient (Wildman–Crippen LogP) is 1.72. The number of sulfonamides is 1. The Morgan fingerprint density at radius 3 is 2.45 bits per heavy atom. The van der Waals surface area contributed by atoms with Gasteiger partial charge in [-0.1, -0.05) is 18.2 Å². The number of nitrogens with two attached hydrogens (primary N) is 1. The normalized spacial score (nSPS) is 14.2. The Hall–Kier alpha value is -2.05. The molecule has 1 aliphatic rings. The maximum atomic E-state index is 12.7. The summed E-state index contributed by atoms with van der Waals surface area (Å²) in [5, 5.41) is 0. The Morgan fingerprint density at radius 1 is 1.05 bits per heavy atom. The molecular formula is C14H15N3O2S. The minimum atomic E-state index is -3.51. The van der Waals surface area contributed by atoms with Gasteiger partial charge in [0.1, 0.15) is 0 Å². The summed E-state index contributed by atoms with van der Waals surface area (Å²) in [5.41, 5.74) is 4.99. The minimum absolute atomic E-state index is 0.271. The van der Waals surface area contributed by atoms with Crippen molar-refractivity contribution in [3.8, 4) is 0 Å². The van der Waals surface area contributed by atoms with Gasteiger partial charge in [0.05, 0.1) is 10.6 Å². The molecule has 1 heterocycles. The Balaban J connectivity index is 2.00. The first-order chi connectivity index (χ1) is 9.63. The van der Waals surface area contributed by atoms with Crippen molar-refractivity contribution < 1.29 is 8.42 Å². The molecule has 0 unspecified atom stereocenters. The molecule has 104 valence electrons. The molecule has 20 heavy (non-hydrogen) atoms. The summed E-state index contributed by atoms with van der Waals surface area (Å²) in [6.07, 6.45) is 0.748. The van der Waals surface area contributed by atoms with E-state index in [1.165, 1.54) is 4.31 Å². The van der Waals surface area contributed by atoms with Crippen molar-refractivity contribution in [2.75, 3.05) is 16.3 Å². The summed E-state index contributed by atoms with van der Waals surface area (Å²) in [7, 11) is -3.51. The Kier molecular flexibility index (Phi) is 3.11. The zero-order chi connectivity index (χ0) is 14.2. The minimum Gasteiger partial charge on any atom is -0.324 e. The second-order valence-electron chi connectivity index (χ2n) is 4.62. The number of hydrogen-bond acceptors (Lipinski definition) is 4. The van der Waals surface area contributed by atoms with Gasteiger partial charge in [0, 0.05) is 12.2 Å². The molecule has 0 spiro atoms. The molecule has 0 radical (unpaired) electrons. The summed E-state index contributed by atoms with van der Waals surface area (Å²) in [6.45, 7) is 0.485. The van der Waals surface area contributed by atoms with Crippen LogP contribution < -0.4 is 15.6 Å². The highest BCUT2D eigenvalue weighted by Gasteiger charge is 2.30. The first-order valence-corrected chi connectivity index (χ1v) is 7.74. The van der Waals surface area contributed by atoms with Gasteiger partial charge in [-0.15, -0.1) is 0 Å². The van der Waals surface area contributed by atoms with E-state index in [4.69, 9.17) is 5.84 Å². The molecule has 3 rings (SSSR count). The average molecular weight is 289 g/mol. The molecular weight excluding hydrogens is 274 g/mol. The number of anilines is 2. The van der Waals surface area contributed by atoms with E-state index in [2.05, 4.69) is 5.43 Å². The molecule has 0 atom stereocenters. The van der Waals surface area contributed by atoms with E-state index in [1.54, 1.807) is 24.3 Å². The fraction of sp³-hybridized carbons (Fsp3) is 0.143. The third-order valence-electron chi connectivity index (χ3n) is 3.45. The van der Waals surface area contributed by atoms with Gasteiger partial charge in [0.2, 0.25) is 0 Å². The fourth-order valence-corrected chi connectivity index (χ4v) is 3.91. The molecule has 0 bridgehead atoms. The molecule has 2 aromatic rings. The van der Waals surface area contributed by atoms with Crippen molar-refractivity contribution in [2.24, 2.45) is 5.84 Å². The van der Waals surface area contributed by atoms with Crippen LogP contribution in [0.3, 0.4) is 0 Å². The SMILES string of the molecule is NNc1ccc(S(=O)(=O)N2CCc3ccccc32)cc1. The van der Waals surface area contributed by atoms with Crippen molar-refractivity contribution in [1.29, 1.82) is 0 Å². The zero-order valence-corrected chi connectivity index (χ0v) is 11.6. The Labute approximate surface area is 118 Å². The van der Waals surface area contributed by atoms with Gasteiger partial charge in [-0.25, -0.2) is 8.42 Å². The van der Waals surface area contributed by atoms with E-state index in [0.29, 0.717) is 12.2 Å². The number of rotatable bonds is 3. The van der Waals surface area contributed by atoms with Gasteiger partial charge in [-0.2, -0.15) is 0 Å². The summed E-state index contributed by atoms with van der Waals surface area (Å²) in [6, 6.07) is 14.0. The van der Waals surface area contributed by atoms with E-state index >= 15 is 0 Å². The van der Waals surface area contributed by atoms with Crippen LogP contribution in [0.1, 0.15) is 5.56 Å². The van der Waals surface area contributed by atoms with Crippen LogP contribution in [0.25, 0.3) is 0 Å². The fourth-order valence-electron chi connectivity index (χ4n) is 2.41. The molecule has 0 amide bonds. The third kappa shape index (κ3) is 2.03. The highest BCUT2D eigenvalue weighted by molar-refractivity contribution is 7.92. The number of nitrogens with one attached hydrogen (secondary N) is 1. The van der Waals surface area contributed by atoms with E-state index < -0.39 is 10.0 Å². The molecule has 0 fully saturated rings. The highest BCUT2D eigenvalue weighted by atomic mass is 32.2. The van der Waals surface area contributed by atoms with Crippen LogP contribution in [0.5, 0.6) is 0 Å². The van der Waals surface area contributed by atoms with Gasteiger partial charge >= 0.3 is 0 Å². The van der Waals surface area contributed by atoms with Gasteiger partial charge < -0.3 is 5.43 Å². The van der Waals surface area contributed by atoms with Crippen molar-refractivity contribution in [1.82, 2.24) is 0 Å². The molecule has 2 aromatic carbocycles. The van der Waals surface area contributed by atoms with Crippen molar-refractivity contribution >= 4 is 21.4 Å². The molecule has 0 saturated carbocycles. The van der Waals surface area contributed by atoms with Crippen LogP contribution in [-0.4, -0.2) is 15.0 Å². The summed E-state index contributed by atoms with van der Waals surface area (Å²) in [5.74, 6) is 5.28. The van der Waals surface area contributed by atoms with E-state index in [0.717, 1.165) is 17.7 Å². The molecule has 5 nitrogen and oxygen atoms in total. The molecule has 3 N–H and O–H groups in total. The van der Waals surface area contributed by atoms with E-state index in [9.17, 15) is 8.42 Å². The van der Waals surface area contributed by atoms with Crippen LogP contribution in [-0.2, 0) is 16.4 Å². The van der Waals surface area contributed by atoms with Crippen LogP contribution in [0.2, 0.25) is 0 Å². The van der Waals surface area contributed by atoms with E-state index in [1.807, 2.05) is 24.3 Å². The second-order valence-corrected chi connectivity index (χ2v) is 6.49. The molecule has 0 aliphatic carbocycles. The lowest BCUT2D eigenvalue weighted by atomic mass is 10.2. The highest BCUT2D eigenvalue weighted by Crippen LogP contribution is 2.32. The summed E-state index contributed by atoms with van der Waals surface area (Å²) in [4.78, 5) is 0.271. The maximum Gasteiger partial charge on any atom is 0.264 e. The maximum absolute atomic E-state index is 12.7. The largest absolute Gasteiger partial charge is 0.324 e. The first kappa shape index (κ1) is 13.0. The quantitative estimate of drug-likeness (QED) is 0.666. The van der Waals surface area contributed by atoms with Crippen LogP contribution in [0.4, 0.5) is 11.4 Å². The van der Waals surface area contributed by atoms with Gasteiger partial charge in [-0.05, 0) is 42.3 Å². The summed E-state index contributed by atoms with van der Waals surface area (Å²) >= 11 is 0. The van der Waals surface area contributed by atoms with Crippen molar-refractivity contribution in [3.63, 3.8) is 0 Å². The van der Waals surface area contributed by atoms with E-state index in [-0.39, 0.29) is 4.90 Å². The number of fused-ring (bicyclic) bond motifs is 1. The first-order valence-electron chi connectivity index (χ1n) is 6.30. The number of nitrogen functional groups attached to an aromatic ring is 1. The predicted molar refractivity (Wildman–Crippen MR) is 78.9 cm³/mol. The smallest absolute Gasteiger partial charge is 0.264 e. The third-order valence-corrected chi connectivity index (χ3v) is 5.28. The van der Waals surface area contributed by atoms with Crippen LogP contribution in [0, 0.1) is 0 Å². The van der Waals surface area contributed by atoms with Crippen molar-refractivity contribution in [2.45, 2.75) is 11.3 Å². The van der Waals surface area contributed by atoms with Crippen LogP contribution in [0.15, 0.2) is 53.4 Å². The lowest BCUT2D eigenvalue weighted by Gasteiger charge is -2.19. The van der Waals surface area contributed by atoms with Gasteiger partial charge in [0.25, 0.3) is 10.0 Å². The second kappa shape index (κ2) is 4.81. The number of benzene rings is 2. The number of nitrogens with zero attached hydrogens (tertiary/aromatic N) is 1. The number of hydrogen-bond donors (Lipinski definition) is 2. The van der Waals surface area contributed by atoms with Gasteiger partial charge in [0.15, 0.2) is 0 Å². The van der Waals surface area contributed by atoms with Crippen LogP contribution >= 0.6 is 0 Å². The Bertz CT molecular complexity index is 726. The molecule has 0 saturated heterocycles. The Morgan fingerprint density at radius 2 is 1.75 bits per heavy atom. The lowest BCUT2D eigenvalue weighted by Crippen LogP contribution is -2.29. The van der Waals surface area contributed by atoms with Gasteiger partial charge in [-0.3, -0.25) is 10.1 Å². The topological polar surface area (TPSA) is 75.4 Å². The number of para-hydroxylation sites is 1. The average Bonchev–Trinajstić information content (AvgIpc) is 2.92. The molecule has 6 heteroatoms. The summed E-state index contributed by atoms with van der Waals surface area (Å²) < 4.78 is 26.8. The standard InChI is InChI=1S/C14H15N3O2S/c15-16-12-5-7-13(8-6-12)20(18,19)17-10-9-11-3-1-2-4-14(11)17/h1-8,16H,9-10,15H2. The number of hydrazine groups is 1. The molecule has 1 aliphatic heterocycles. The van der Waals surface area contributed by atoms with Crippen molar-refractivity contribution in [3.05, 3.63) is 54.1 Å². The molecule has 0 aromatic heterocycles.